The van der Waals surface area contributed by atoms with Crippen molar-refractivity contribution in [1.29, 1.82) is 0 Å². The van der Waals surface area contributed by atoms with Gasteiger partial charge in [-0.15, -0.1) is 0 Å². The van der Waals surface area contributed by atoms with Crippen molar-refractivity contribution in [3.05, 3.63) is 70.8 Å². The van der Waals surface area contributed by atoms with Crippen LogP contribution in [-0.4, -0.2) is 31.9 Å². The Morgan fingerprint density at radius 3 is 0.792 bits per heavy atom. The first-order chi connectivity index (χ1) is 24.4. The van der Waals surface area contributed by atoms with Gasteiger partial charge in [-0.3, -0.25) is 9.13 Å². The van der Waals surface area contributed by atoms with E-state index in [-0.39, 0.29) is 39.6 Å². The minimum atomic E-state index is -3.78. The Morgan fingerprint density at radius 2 is 0.585 bits per heavy atom. The summed E-state index contributed by atoms with van der Waals surface area (Å²) in [6, 6.07) is 18.2. The molecule has 0 saturated carbocycles. The maximum Gasteiger partial charge on any atom is 0.325 e. The Morgan fingerprint density at radius 1 is 0.377 bits per heavy atom. The third-order valence-electron chi connectivity index (χ3n) is 9.97. The van der Waals surface area contributed by atoms with Crippen LogP contribution in [0.3, 0.4) is 0 Å². The second-order valence-electron chi connectivity index (χ2n) is 17.2. The molecule has 53 heavy (non-hydrogen) atoms. The number of benzene rings is 2. The van der Waals surface area contributed by atoms with Gasteiger partial charge >= 0.3 is 15.2 Å². The van der Waals surface area contributed by atoms with Crippen LogP contribution >= 0.6 is 15.2 Å². The molecule has 0 radical (unpaired) electrons. The molecular weight excluding hydrogens is 745 g/mol. The van der Waals surface area contributed by atoms with Gasteiger partial charge in [-0.2, -0.15) is 0 Å². The van der Waals surface area contributed by atoms with E-state index in [1.807, 2.05) is 0 Å². The molecular formula is C44H78NiO6P2. The standard InChI is InChI=1S/2C22H39O3P.Ni/c2*1-22(2,3)21-17-15-20(16-18-21)14-12-10-8-6-4-5-7-9-11-13-19-26(23,24)25;/h2*15-18H,4-14,19H2,1-3H3,(H2,23,24,25);. The van der Waals surface area contributed by atoms with Crippen LogP contribution in [0.25, 0.3) is 0 Å². The fourth-order valence-electron chi connectivity index (χ4n) is 6.47. The van der Waals surface area contributed by atoms with Gasteiger partial charge < -0.3 is 19.6 Å². The number of rotatable bonds is 26. The average molecular weight is 824 g/mol. The summed E-state index contributed by atoms with van der Waals surface area (Å²) in [5.41, 5.74) is 6.18. The molecule has 0 heterocycles. The van der Waals surface area contributed by atoms with Gasteiger partial charge in [-0.05, 0) is 71.6 Å². The van der Waals surface area contributed by atoms with Crippen molar-refractivity contribution in [1.82, 2.24) is 0 Å². The van der Waals surface area contributed by atoms with E-state index in [4.69, 9.17) is 19.6 Å². The molecule has 2 aromatic carbocycles. The van der Waals surface area contributed by atoms with Crippen LogP contribution in [-0.2, 0) is 49.3 Å². The molecule has 310 valence electrons. The van der Waals surface area contributed by atoms with Crippen LogP contribution in [0, 0.1) is 0 Å². The van der Waals surface area contributed by atoms with E-state index in [0.29, 0.717) is 12.8 Å². The van der Waals surface area contributed by atoms with E-state index in [1.54, 1.807) is 0 Å². The fourth-order valence-corrected chi connectivity index (χ4v) is 7.74. The van der Waals surface area contributed by atoms with E-state index in [0.717, 1.165) is 25.7 Å². The third kappa shape index (κ3) is 31.1. The van der Waals surface area contributed by atoms with Gasteiger partial charge in [0.2, 0.25) is 0 Å². The minimum absolute atomic E-state index is 0. The topological polar surface area (TPSA) is 115 Å². The zero-order valence-electron chi connectivity index (χ0n) is 34.4. The van der Waals surface area contributed by atoms with E-state index >= 15 is 0 Å². The van der Waals surface area contributed by atoms with Crippen LogP contribution in [0.4, 0.5) is 0 Å². The Hall–Kier alpha value is -0.766. The van der Waals surface area contributed by atoms with Crippen LogP contribution in [0.5, 0.6) is 0 Å². The maximum atomic E-state index is 10.7. The molecule has 0 atom stereocenters. The van der Waals surface area contributed by atoms with Crippen molar-refractivity contribution < 1.29 is 45.2 Å². The molecule has 4 N–H and O–H groups in total. The summed E-state index contributed by atoms with van der Waals surface area (Å²) in [5, 5.41) is 0. The fraction of sp³-hybridized carbons (Fsp3) is 0.727. The van der Waals surface area contributed by atoms with Crippen molar-refractivity contribution in [3.63, 3.8) is 0 Å². The van der Waals surface area contributed by atoms with Gasteiger partial charge in [-0.1, -0.05) is 193 Å². The first-order valence-electron chi connectivity index (χ1n) is 20.6. The van der Waals surface area contributed by atoms with Gasteiger partial charge in [0.05, 0.1) is 0 Å². The molecule has 0 spiro atoms. The van der Waals surface area contributed by atoms with Crippen LogP contribution < -0.4 is 0 Å². The molecule has 2 rings (SSSR count). The molecule has 6 nitrogen and oxygen atoms in total. The first kappa shape index (κ1) is 52.2. The molecule has 0 aliphatic heterocycles. The van der Waals surface area contributed by atoms with Gasteiger partial charge in [0, 0.05) is 28.8 Å². The summed E-state index contributed by atoms with van der Waals surface area (Å²) in [6.07, 6.45) is 25.8. The van der Waals surface area contributed by atoms with Gasteiger partial charge in [0.15, 0.2) is 0 Å². The monoisotopic (exact) mass is 822 g/mol. The normalized spacial score (nSPS) is 12.3. The van der Waals surface area contributed by atoms with Crippen LogP contribution in [0.1, 0.15) is 192 Å². The minimum Gasteiger partial charge on any atom is -0.324 e. The summed E-state index contributed by atoms with van der Waals surface area (Å²) in [5.74, 6) is 0. The van der Waals surface area contributed by atoms with Crippen molar-refractivity contribution in [2.24, 2.45) is 0 Å². The number of hydrogen-bond acceptors (Lipinski definition) is 2. The molecule has 0 saturated heterocycles. The third-order valence-corrected chi connectivity index (χ3v) is 11.8. The predicted molar refractivity (Wildman–Crippen MR) is 224 cm³/mol. The number of hydrogen-bond donors (Lipinski definition) is 4. The van der Waals surface area contributed by atoms with Crippen LogP contribution in [0.2, 0.25) is 0 Å². The Bertz CT molecular complexity index is 1160. The van der Waals surface area contributed by atoms with Crippen molar-refractivity contribution >= 4 is 15.2 Å². The summed E-state index contributed by atoms with van der Waals surface area (Å²) in [7, 11) is -7.55. The zero-order chi connectivity index (χ0) is 38.9. The largest absolute Gasteiger partial charge is 0.325 e. The zero-order valence-corrected chi connectivity index (χ0v) is 37.2. The van der Waals surface area contributed by atoms with E-state index in [2.05, 4.69) is 90.1 Å². The van der Waals surface area contributed by atoms with Crippen LogP contribution in [0.15, 0.2) is 48.5 Å². The predicted octanol–water partition coefficient (Wildman–Crippen LogP) is 13.2. The smallest absolute Gasteiger partial charge is 0.324 e. The van der Waals surface area contributed by atoms with Gasteiger partial charge in [0.1, 0.15) is 0 Å². The van der Waals surface area contributed by atoms with Crippen molar-refractivity contribution in [2.75, 3.05) is 12.3 Å². The number of unbranched alkanes of at least 4 members (excludes halogenated alkanes) is 18. The Balaban J connectivity index is 0.00000100. The van der Waals surface area contributed by atoms with E-state index < -0.39 is 15.2 Å². The molecule has 0 fully saturated rings. The Labute approximate surface area is 335 Å². The maximum absolute atomic E-state index is 10.7. The second kappa shape index (κ2) is 28.6. The summed E-state index contributed by atoms with van der Waals surface area (Å²) in [4.78, 5) is 35.2. The molecule has 0 unspecified atom stereocenters. The summed E-state index contributed by atoms with van der Waals surface area (Å²) >= 11 is 0. The molecule has 0 aliphatic rings. The van der Waals surface area contributed by atoms with Gasteiger partial charge in [-0.25, -0.2) is 0 Å². The van der Waals surface area contributed by atoms with E-state index in [9.17, 15) is 9.13 Å². The molecule has 2 aromatic rings. The first-order valence-corrected chi connectivity index (χ1v) is 24.2. The molecule has 0 bridgehead atoms. The van der Waals surface area contributed by atoms with Gasteiger partial charge in [0.25, 0.3) is 0 Å². The second-order valence-corrected chi connectivity index (χ2v) is 20.8. The molecule has 0 amide bonds. The molecule has 0 aliphatic carbocycles. The summed E-state index contributed by atoms with van der Waals surface area (Å²) < 4.78 is 21.5. The average Bonchev–Trinajstić information content (AvgIpc) is 3.04. The van der Waals surface area contributed by atoms with E-state index in [1.165, 1.54) is 125 Å². The SMILES string of the molecule is CC(C)(C)c1ccc(CCCCCCCCCCCCP(=O)(O)O)cc1.CC(C)(C)c1ccc(CCCCCCCCCCCCP(=O)(O)O)cc1.[Ni]. The van der Waals surface area contributed by atoms with Crippen molar-refractivity contribution in [2.45, 2.75) is 194 Å². The number of aryl methyl sites for hydroxylation is 2. The summed E-state index contributed by atoms with van der Waals surface area (Å²) in [6.45, 7) is 13.5. The Kier molecular flexibility index (Phi) is 28.2. The molecule has 0 aromatic heterocycles. The quantitative estimate of drug-likeness (QED) is 0.0427. The molecule has 9 heteroatoms. The van der Waals surface area contributed by atoms with Crippen molar-refractivity contribution in [3.8, 4) is 0 Å².